The molecule has 0 aromatic rings. The van der Waals surface area contributed by atoms with Crippen molar-refractivity contribution < 1.29 is 9.59 Å². The first-order chi connectivity index (χ1) is 9.47. The number of likely N-dealkylation sites (tertiary alicyclic amines) is 1. The maximum atomic E-state index is 12.4. The van der Waals surface area contributed by atoms with E-state index in [4.69, 9.17) is 5.73 Å². The van der Waals surface area contributed by atoms with E-state index in [1.807, 2.05) is 4.90 Å². The highest BCUT2D eigenvalue weighted by molar-refractivity contribution is 5.80. The van der Waals surface area contributed by atoms with E-state index in [0.717, 1.165) is 25.7 Å². The van der Waals surface area contributed by atoms with Gasteiger partial charge in [0, 0.05) is 39.5 Å². The van der Waals surface area contributed by atoms with E-state index in [2.05, 4.69) is 0 Å². The van der Waals surface area contributed by atoms with Gasteiger partial charge in [0.25, 0.3) is 0 Å². The van der Waals surface area contributed by atoms with Crippen LogP contribution in [0.5, 0.6) is 0 Å². The second kappa shape index (κ2) is 6.12. The smallest absolute Gasteiger partial charge is 0.225 e. The molecule has 0 radical (unpaired) electrons. The Balaban J connectivity index is 1.81. The number of nitrogens with two attached hydrogens (primary N) is 1. The molecule has 0 aromatic heterocycles. The summed E-state index contributed by atoms with van der Waals surface area (Å²) in [6, 6.07) is 0. The number of hydrogen-bond acceptors (Lipinski definition) is 3. The number of hydrogen-bond donors (Lipinski definition) is 1. The molecule has 2 N–H and O–H groups in total. The molecule has 2 rings (SSSR count). The molecule has 5 nitrogen and oxygen atoms in total. The van der Waals surface area contributed by atoms with E-state index in [1.165, 1.54) is 6.42 Å². The largest absolute Gasteiger partial charge is 0.349 e. The molecular weight excluding hydrogens is 254 g/mol. The van der Waals surface area contributed by atoms with E-state index >= 15 is 0 Å². The Morgan fingerprint density at radius 1 is 1.25 bits per heavy atom. The van der Waals surface area contributed by atoms with E-state index in [9.17, 15) is 9.59 Å². The topological polar surface area (TPSA) is 66.6 Å². The average Bonchev–Trinajstić information content (AvgIpc) is 2.42. The van der Waals surface area contributed by atoms with Crippen LogP contribution in [0.2, 0.25) is 0 Å². The zero-order valence-electron chi connectivity index (χ0n) is 12.7. The van der Waals surface area contributed by atoms with Crippen molar-refractivity contribution in [2.45, 2.75) is 38.5 Å². The molecule has 1 saturated heterocycles. The lowest BCUT2D eigenvalue weighted by Crippen LogP contribution is -2.46. The van der Waals surface area contributed by atoms with Gasteiger partial charge < -0.3 is 15.5 Å². The third-order valence-electron chi connectivity index (χ3n) is 5.01. The summed E-state index contributed by atoms with van der Waals surface area (Å²) in [5.74, 6) is 0.502. The van der Waals surface area contributed by atoms with Crippen LogP contribution in [0.3, 0.4) is 0 Å². The quantitative estimate of drug-likeness (QED) is 0.830. The van der Waals surface area contributed by atoms with Crippen molar-refractivity contribution in [1.29, 1.82) is 0 Å². The van der Waals surface area contributed by atoms with Crippen LogP contribution in [0.1, 0.15) is 38.5 Å². The molecule has 1 saturated carbocycles. The van der Waals surface area contributed by atoms with Crippen molar-refractivity contribution >= 4 is 11.8 Å². The lowest BCUT2D eigenvalue weighted by Gasteiger charge is -2.42. The van der Waals surface area contributed by atoms with Crippen molar-refractivity contribution in [3.63, 3.8) is 0 Å². The van der Waals surface area contributed by atoms with Gasteiger partial charge in [-0.2, -0.15) is 0 Å². The molecule has 5 heteroatoms. The Bertz CT molecular complexity index is 364. The highest BCUT2D eigenvalue weighted by atomic mass is 16.2. The Morgan fingerprint density at radius 2 is 1.85 bits per heavy atom. The molecule has 1 heterocycles. The third-order valence-corrected chi connectivity index (χ3v) is 5.01. The highest BCUT2D eigenvalue weighted by Crippen LogP contribution is 2.43. The van der Waals surface area contributed by atoms with Crippen LogP contribution in [0.4, 0.5) is 0 Å². The second-order valence-electron chi connectivity index (χ2n) is 6.62. The summed E-state index contributed by atoms with van der Waals surface area (Å²) < 4.78 is 0. The Morgan fingerprint density at radius 3 is 2.25 bits per heavy atom. The average molecular weight is 281 g/mol. The number of rotatable bonds is 4. The van der Waals surface area contributed by atoms with Crippen LogP contribution in [0, 0.1) is 11.3 Å². The Hall–Kier alpha value is -1.10. The summed E-state index contributed by atoms with van der Waals surface area (Å²) in [4.78, 5) is 27.8. The van der Waals surface area contributed by atoms with Gasteiger partial charge in [-0.15, -0.1) is 0 Å². The molecule has 0 unspecified atom stereocenters. The number of amides is 2. The molecule has 2 aliphatic rings. The van der Waals surface area contributed by atoms with Crippen LogP contribution in [0.15, 0.2) is 0 Å². The van der Waals surface area contributed by atoms with Crippen LogP contribution in [-0.2, 0) is 9.59 Å². The fourth-order valence-electron chi connectivity index (χ4n) is 3.30. The Kier molecular flexibility index (Phi) is 4.68. The van der Waals surface area contributed by atoms with E-state index < -0.39 is 0 Å². The predicted molar refractivity (Wildman–Crippen MR) is 78.0 cm³/mol. The van der Waals surface area contributed by atoms with Gasteiger partial charge in [-0.3, -0.25) is 9.59 Å². The van der Waals surface area contributed by atoms with E-state index in [-0.39, 0.29) is 23.1 Å². The molecule has 114 valence electrons. The fourth-order valence-corrected chi connectivity index (χ4v) is 3.30. The predicted octanol–water partition coefficient (Wildman–Crippen LogP) is 0.832. The number of carbonyl (C=O) groups is 2. The van der Waals surface area contributed by atoms with Gasteiger partial charge in [0.1, 0.15) is 0 Å². The minimum absolute atomic E-state index is 0.0768. The fraction of sp³-hybridized carbons (Fsp3) is 0.867. The first-order valence-corrected chi connectivity index (χ1v) is 7.66. The summed E-state index contributed by atoms with van der Waals surface area (Å²) in [6.07, 6.45) is 5.55. The minimum Gasteiger partial charge on any atom is -0.349 e. The summed E-state index contributed by atoms with van der Waals surface area (Å²) >= 11 is 0. The summed E-state index contributed by atoms with van der Waals surface area (Å²) in [5.41, 5.74) is 5.90. The first kappa shape index (κ1) is 15.3. The first-order valence-electron chi connectivity index (χ1n) is 7.66. The molecule has 0 aromatic carbocycles. The molecule has 1 aliphatic heterocycles. The minimum atomic E-state index is 0.0768. The molecule has 2 amide bonds. The highest BCUT2D eigenvalue weighted by Gasteiger charge is 2.39. The van der Waals surface area contributed by atoms with Crippen molar-refractivity contribution in [3.05, 3.63) is 0 Å². The molecule has 0 spiro atoms. The van der Waals surface area contributed by atoms with E-state index in [0.29, 0.717) is 26.1 Å². The normalized spacial score (nSPS) is 22.2. The molecule has 2 fully saturated rings. The van der Waals surface area contributed by atoms with Crippen molar-refractivity contribution in [1.82, 2.24) is 9.80 Å². The van der Waals surface area contributed by atoms with Gasteiger partial charge in [0.15, 0.2) is 0 Å². The van der Waals surface area contributed by atoms with Gasteiger partial charge in [-0.05, 0) is 37.6 Å². The standard InChI is InChI=1S/C15H27N3O2/c1-17(2)14(20)12-4-8-18(9-5-12)13(19)10-15(11-16)6-3-7-15/h12H,3-11,16H2,1-2H3. The molecular formula is C15H27N3O2. The monoisotopic (exact) mass is 281 g/mol. The third kappa shape index (κ3) is 3.14. The maximum Gasteiger partial charge on any atom is 0.225 e. The molecule has 20 heavy (non-hydrogen) atoms. The Labute approximate surface area is 121 Å². The van der Waals surface area contributed by atoms with Gasteiger partial charge >= 0.3 is 0 Å². The van der Waals surface area contributed by atoms with Crippen molar-refractivity contribution in [2.75, 3.05) is 33.7 Å². The number of carbonyl (C=O) groups excluding carboxylic acids is 2. The van der Waals surface area contributed by atoms with Crippen molar-refractivity contribution in [2.24, 2.45) is 17.1 Å². The second-order valence-corrected chi connectivity index (χ2v) is 6.62. The van der Waals surface area contributed by atoms with Crippen LogP contribution >= 0.6 is 0 Å². The summed E-state index contributed by atoms with van der Waals surface area (Å²) in [6.45, 7) is 2.04. The van der Waals surface area contributed by atoms with E-state index in [1.54, 1.807) is 19.0 Å². The lowest BCUT2D eigenvalue weighted by atomic mass is 9.66. The van der Waals surface area contributed by atoms with Crippen LogP contribution < -0.4 is 5.73 Å². The zero-order valence-corrected chi connectivity index (χ0v) is 12.7. The molecule has 0 atom stereocenters. The van der Waals surface area contributed by atoms with Gasteiger partial charge in [0.2, 0.25) is 11.8 Å². The van der Waals surface area contributed by atoms with Crippen LogP contribution in [-0.4, -0.2) is 55.3 Å². The lowest BCUT2D eigenvalue weighted by molar-refractivity contribution is -0.141. The maximum absolute atomic E-state index is 12.4. The van der Waals surface area contributed by atoms with Gasteiger partial charge in [-0.25, -0.2) is 0 Å². The SMILES string of the molecule is CN(C)C(=O)C1CCN(C(=O)CC2(CN)CCC2)CC1. The summed E-state index contributed by atoms with van der Waals surface area (Å²) in [5, 5.41) is 0. The molecule has 0 bridgehead atoms. The van der Waals surface area contributed by atoms with Crippen molar-refractivity contribution in [3.8, 4) is 0 Å². The van der Waals surface area contributed by atoms with Gasteiger partial charge in [-0.1, -0.05) is 6.42 Å². The number of nitrogens with zero attached hydrogens (tertiary/aromatic N) is 2. The number of piperidine rings is 1. The van der Waals surface area contributed by atoms with Crippen LogP contribution in [0.25, 0.3) is 0 Å². The van der Waals surface area contributed by atoms with Gasteiger partial charge in [0.05, 0.1) is 0 Å². The molecule has 1 aliphatic carbocycles. The zero-order chi connectivity index (χ0) is 14.8. The summed E-state index contributed by atoms with van der Waals surface area (Å²) in [7, 11) is 3.59.